The average Bonchev–Trinajstić information content (AvgIpc) is 3.11. The Morgan fingerprint density at radius 2 is 2.24 bits per heavy atom. The van der Waals surface area contributed by atoms with Gasteiger partial charge in [-0.05, 0) is 43.5 Å². The van der Waals surface area contributed by atoms with Crippen LogP contribution in [0.4, 0.5) is 4.39 Å². The maximum atomic E-state index is 13.9. The summed E-state index contributed by atoms with van der Waals surface area (Å²) in [5, 5.41) is 3.46. The van der Waals surface area contributed by atoms with Gasteiger partial charge in [0.15, 0.2) is 0 Å². The topological polar surface area (TPSA) is 12.0 Å². The molecule has 3 heteroatoms. The van der Waals surface area contributed by atoms with Gasteiger partial charge in [-0.3, -0.25) is 0 Å². The van der Waals surface area contributed by atoms with Gasteiger partial charge in [0.05, 0.1) is 0 Å². The van der Waals surface area contributed by atoms with Crippen molar-refractivity contribution >= 4 is 15.9 Å². The first-order valence-electron chi connectivity index (χ1n) is 6.39. The van der Waals surface area contributed by atoms with Crippen molar-refractivity contribution in [2.45, 2.75) is 38.6 Å². The van der Waals surface area contributed by atoms with Gasteiger partial charge in [0, 0.05) is 16.1 Å². The van der Waals surface area contributed by atoms with E-state index < -0.39 is 0 Å². The van der Waals surface area contributed by atoms with E-state index in [-0.39, 0.29) is 11.9 Å². The highest BCUT2D eigenvalue weighted by Crippen LogP contribution is 2.38. The van der Waals surface area contributed by atoms with Crippen molar-refractivity contribution in [3.63, 3.8) is 0 Å². The van der Waals surface area contributed by atoms with E-state index in [2.05, 4.69) is 28.2 Å². The number of benzene rings is 1. The van der Waals surface area contributed by atoms with Gasteiger partial charge in [0.1, 0.15) is 5.82 Å². The Balaban J connectivity index is 2.13. The van der Waals surface area contributed by atoms with Crippen molar-refractivity contribution in [2.75, 3.05) is 6.54 Å². The summed E-state index contributed by atoms with van der Waals surface area (Å²) in [5.41, 5.74) is 0.805. The van der Waals surface area contributed by atoms with E-state index >= 15 is 0 Å². The lowest BCUT2D eigenvalue weighted by atomic mass is 10.0. The molecule has 1 aliphatic rings. The Morgan fingerprint density at radius 1 is 1.47 bits per heavy atom. The summed E-state index contributed by atoms with van der Waals surface area (Å²) in [7, 11) is 0. The third kappa shape index (κ3) is 3.78. The molecule has 1 atom stereocenters. The molecule has 0 saturated heterocycles. The first kappa shape index (κ1) is 13.0. The van der Waals surface area contributed by atoms with Crippen molar-refractivity contribution in [3.05, 3.63) is 34.1 Å². The molecule has 0 heterocycles. The third-order valence-corrected chi connectivity index (χ3v) is 3.73. The minimum absolute atomic E-state index is 0.0950. The van der Waals surface area contributed by atoms with Gasteiger partial charge < -0.3 is 5.32 Å². The molecule has 0 aliphatic heterocycles. The normalized spacial score (nSPS) is 17.1. The molecule has 1 aromatic carbocycles. The van der Waals surface area contributed by atoms with Crippen molar-refractivity contribution < 1.29 is 4.39 Å². The maximum Gasteiger partial charge on any atom is 0.128 e. The summed E-state index contributed by atoms with van der Waals surface area (Å²) in [6.45, 7) is 3.09. The van der Waals surface area contributed by atoms with Crippen LogP contribution >= 0.6 is 15.9 Å². The quantitative estimate of drug-likeness (QED) is 0.819. The second kappa shape index (κ2) is 5.96. The minimum atomic E-state index is -0.0950. The molecule has 1 unspecified atom stereocenters. The highest BCUT2D eigenvalue weighted by atomic mass is 79.9. The van der Waals surface area contributed by atoms with Gasteiger partial charge in [-0.1, -0.05) is 35.7 Å². The zero-order chi connectivity index (χ0) is 12.3. The van der Waals surface area contributed by atoms with Gasteiger partial charge in [0.2, 0.25) is 0 Å². The largest absolute Gasteiger partial charge is 0.310 e. The van der Waals surface area contributed by atoms with E-state index in [1.807, 2.05) is 6.07 Å². The van der Waals surface area contributed by atoms with E-state index in [0.29, 0.717) is 0 Å². The molecule has 0 amide bonds. The molecule has 0 bridgehead atoms. The van der Waals surface area contributed by atoms with Gasteiger partial charge in [-0.2, -0.15) is 0 Å². The van der Waals surface area contributed by atoms with Crippen LogP contribution in [0.2, 0.25) is 0 Å². The third-order valence-electron chi connectivity index (χ3n) is 3.24. The van der Waals surface area contributed by atoms with Gasteiger partial charge in [0.25, 0.3) is 0 Å². The van der Waals surface area contributed by atoms with Gasteiger partial charge in [-0.15, -0.1) is 0 Å². The second-order valence-electron chi connectivity index (χ2n) is 4.85. The Labute approximate surface area is 111 Å². The van der Waals surface area contributed by atoms with Crippen LogP contribution in [0, 0.1) is 11.7 Å². The molecule has 94 valence electrons. The van der Waals surface area contributed by atoms with E-state index in [0.717, 1.165) is 35.3 Å². The van der Waals surface area contributed by atoms with Crippen molar-refractivity contribution in [2.24, 2.45) is 5.92 Å². The molecule has 1 fully saturated rings. The molecule has 1 nitrogen and oxygen atoms in total. The van der Waals surface area contributed by atoms with Crippen molar-refractivity contribution in [1.82, 2.24) is 5.32 Å². The summed E-state index contributed by atoms with van der Waals surface area (Å²) >= 11 is 3.42. The Hall–Kier alpha value is -0.410. The zero-order valence-electron chi connectivity index (χ0n) is 10.2. The summed E-state index contributed by atoms with van der Waals surface area (Å²) in [6.07, 6.45) is 4.75. The first-order chi connectivity index (χ1) is 8.20. The Kier molecular flexibility index (Phi) is 4.57. The molecule has 17 heavy (non-hydrogen) atoms. The van der Waals surface area contributed by atoms with Crippen molar-refractivity contribution in [3.8, 4) is 0 Å². The van der Waals surface area contributed by atoms with Gasteiger partial charge in [-0.25, -0.2) is 4.39 Å². The van der Waals surface area contributed by atoms with Gasteiger partial charge >= 0.3 is 0 Å². The smallest absolute Gasteiger partial charge is 0.128 e. The lowest BCUT2D eigenvalue weighted by Crippen LogP contribution is -2.23. The fraction of sp³-hybridized carbons (Fsp3) is 0.571. The number of rotatable bonds is 6. The van der Waals surface area contributed by atoms with Crippen LogP contribution in [0.3, 0.4) is 0 Å². The fourth-order valence-electron chi connectivity index (χ4n) is 2.11. The van der Waals surface area contributed by atoms with Crippen LogP contribution in [-0.4, -0.2) is 6.54 Å². The summed E-state index contributed by atoms with van der Waals surface area (Å²) in [6, 6.07) is 5.38. The lowest BCUT2D eigenvalue weighted by molar-refractivity contribution is 0.453. The molecule has 0 spiro atoms. The molecular formula is C14H19BrFN. The van der Waals surface area contributed by atoms with Crippen molar-refractivity contribution in [1.29, 1.82) is 0 Å². The lowest BCUT2D eigenvalue weighted by Gasteiger charge is -2.19. The predicted molar refractivity (Wildman–Crippen MR) is 72.5 cm³/mol. The minimum Gasteiger partial charge on any atom is -0.310 e. The molecule has 2 rings (SSSR count). The van der Waals surface area contributed by atoms with E-state index in [9.17, 15) is 4.39 Å². The second-order valence-corrected chi connectivity index (χ2v) is 5.77. The highest BCUT2D eigenvalue weighted by Gasteiger charge is 2.27. The predicted octanol–water partition coefficient (Wildman–Crippen LogP) is 4.43. The van der Waals surface area contributed by atoms with Crippen LogP contribution in [0.1, 0.15) is 44.2 Å². The van der Waals surface area contributed by atoms with Crippen LogP contribution in [0.15, 0.2) is 22.7 Å². The van der Waals surface area contributed by atoms with Crippen LogP contribution in [0.25, 0.3) is 0 Å². The Bertz CT molecular complexity index is 376. The number of hydrogen-bond donors (Lipinski definition) is 1. The number of halogens is 2. The molecule has 0 radical (unpaired) electrons. The molecule has 1 aromatic rings. The van der Waals surface area contributed by atoms with E-state index in [1.54, 1.807) is 12.1 Å². The summed E-state index contributed by atoms with van der Waals surface area (Å²) in [4.78, 5) is 0. The Morgan fingerprint density at radius 3 is 2.88 bits per heavy atom. The van der Waals surface area contributed by atoms with E-state index in [4.69, 9.17) is 0 Å². The summed E-state index contributed by atoms with van der Waals surface area (Å²) in [5.74, 6) is 0.699. The zero-order valence-corrected chi connectivity index (χ0v) is 11.8. The number of nitrogens with one attached hydrogen (secondary N) is 1. The average molecular weight is 300 g/mol. The number of hydrogen-bond acceptors (Lipinski definition) is 1. The summed E-state index contributed by atoms with van der Waals surface area (Å²) < 4.78 is 14.8. The first-order valence-corrected chi connectivity index (χ1v) is 7.18. The standard InChI is InChI=1S/C14H19BrFN/c1-2-7-17-14(8-10-3-4-10)12-9-11(15)5-6-13(12)16/h5-6,9-10,14,17H,2-4,7-8H2,1H3. The maximum absolute atomic E-state index is 13.9. The highest BCUT2D eigenvalue weighted by molar-refractivity contribution is 9.10. The van der Waals surface area contributed by atoms with Crippen LogP contribution < -0.4 is 5.32 Å². The van der Waals surface area contributed by atoms with Crippen LogP contribution in [-0.2, 0) is 0 Å². The van der Waals surface area contributed by atoms with E-state index in [1.165, 1.54) is 12.8 Å². The monoisotopic (exact) mass is 299 g/mol. The SMILES string of the molecule is CCCNC(CC1CC1)c1cc(Br)ccc1F. The molecular weight excluding hydrogens is 281 g/mol. The molecule has 1 saturated carbocycles. The molecule has 0 aromatic heterocycles. The molecule has 1 aliphatic carbocycles. The van der Waals surface area contributed by atoms with Crippen LogP contribution in [0.5, 0.6) is 0 Å². The molecule has 1 N–H and O–H groups in total. The fourth-order valence-corrected chi connectivity index (χ4v) is 2.49.